The molecule has 0 N–H and O–H groups in total. The van der Waals surface area contributed by atoms with Gasteiger partial charge in [0.25, 0.3) is 5.91 Å². The second kappa shape index (κ2) is 8.84. The van der Waals surface area contributed by atoms with E-state index in [9.17, 15) is 4.79 Å². The van der Waals surface area contributed by atoms with Crippen LogP contribution in [-0.2, 0) is 12.1 Å². The zero-order chi connectivity index (χ0) is 21.0. The smallest absolute Gasteiger partial charge is 0.282 e. The van der Waals surface area contributed by atoms with Gasteiger partial charge < -0.3 is 9.47 Å². The number of carbonyl (C=O) groups excluding carboxylic acids is 1. The quantitative estimate of drug-likeness (QED) is 0.552. The van der Waals surface area contributed by atoms with Crippen molar-refractivity contribution in [3.63, 3.8) is 0 Å². The molecule has 29 heavy (non-hydrogen) atoms. The van der Waals surface area contributed by atoms with E-state index in [1.54, 1.807) is 18.2 Å². The Morgan fingerprint density at radius 2 is 1.86 bits per heavy atom. The van der Waals surface area contributed by atoms with Crippen molar-refractivity contribution in [1.82, 2.24) is 3.96 Å². The summed E-state index contributed by atoms with van der Waals surface area (Å²) in [6.45, 7) is 6.63. The minimum atomic E-state index is -0.433. The monoisotopic (exact) mass is 430 g/mol. The second-order valence-corrected chi connectivity index (χ2v) is 8.82. The van der Waals surface area contributed by atoms with Crippen molar-refractivity contribution < 1.29 is 14.3 Å². The van der Waals surface area contributed by atoms with Crippen molar-refractivity contribution in [2.24, 2.45) is 4.99 Å². The summed E-state index contributed by atoms with van der Waals surface area (Å²) in [7, 11) is 1.51. The van der Waals surface area contributed by atoms with Gasteiger partial charge in [0.2, 0.25) is 0 Å². The largest absolute Gasteiger partial charge is 0.496 e. The van der Waals surface area contributed by atoms with Crippen LogP contribution >= 0.6 is 23.1 Å². The van der Waals surface area contributed by atoms with Crippen LogP contribution in [-0.4, -0.2) is 17.0 Å². The Bertz CT molecular complexity index is 1070. The first-order chi connectivity index (χ1) is 13.8. The van der Waals surface area contributed by atoms with Gasteiger partial charge in [-0.15, -0.1) is 0 Å². The lowest BCUT2D eigenvalue weighted by Gasteiger charge is -2.18. The molecular formula is C22H23ClN2O3S. The molecule has 0 spiro atoms. The van der Waals surface area contributed by atoms with Gasteiger partial charge in [-0.05, 0) is 56.1 Å². The number of rotatable bonds is 5. The van der Waals surface area contributed by atoms with Gasteiger partial charge in [-0.2, -0.15) is 4.99 Å². The molecule has 0 unspecified atom stereocenters. The normalized spacial score (nSPS) is 12.1. The Morgan fingerprint density at radius 1 is 1.14 bits per heavy atom. The molecule has 0 saturated heterocycles. The highest BCUT2D eigenvalue weighted by Gasteiger charge is 2.18. The molecule has 0 fully saturated rings. The topological polar surface area (TPSA) is 52.8 Å². The third-order valence-electron chi connectivity index (χ3n) is 4.12. The Kier molecular flexibility index (Phi) is 6.45. The van der Waals surface area contributed by atoms with E-state index in [1.165, 1.54) is 18.6 Å². The molecule has 2 aromatic carbocycles. The maximum atomic E-state index is 12.9. The van der Waals surface area contributed by atoms with Crippen LogP contribution < -0.4 is 14.1 Å². The number of hydrogen-bond acceptors (Lipinski definition) is 4. The Balaban J connectivity index is 1.99. The predicted molar refractivity (Wildman–Crippen MR) is 116 cm³/mol. The van der Waals surface area contributed by atoms with Gasteiger partial charge in [-0.1, -0.05) is 41.9 Å². The molecule has 0 bridgehead atoms. The van der Waals surface area contributed by atoms with E-state index in [1.807, 2.05) is 40.5 Å². The first-order valence-electron chi connectivity index (χ1n) is 9.10. The number of ether oxygens (including phenoxy) is 2. The number of carbonyl (C=O) groups is 1. The average Bonchev–Trinajstić information content (AvgIpc) is 3.10. The summed E-state index contributed by atoms with van der Waals surface area (Å²) < 4.78 is 13.8. The van der Waals surface area contributed by atoms with Crippen LogP contribution in [0.3, 0.4) is 0 Å². The molecule has 3 aromatic rings. The number of nitrogens with zero attached hydrogens (tertiary/aromatic N) is 2. The van der Waals surface area contributed by atoms with Crippen molar-refractivity contribution in [2.45, 2.75) is 32.9 Å². The van der Waals surface area contributed by atoms with E-state index in [0.29, 0.717) is 33.4 Å². The Labute approximate surface area is 179 Å². The van der Waals surface area contributed by atoms with Crippen LogP contribution in [0.2, 0.25) is 5.02 Å². The van der Waals surface area contributed by atoms with Crippen molar-refractivity contribution >= 4 is 29.0 Å². The van der Waals surface area contributed by atoms with E-state index in [0.717, 1.165) is 5.56 Å². The van der Waals surface area contributed by atoms with E-state index >= 15 is 0 Å². The molecule has 0 atom stereocenters. The number of aromatic nitrogens is 1. The van der Waals surface area contributed by atoms with Crippen molar-refractivity contribution in [1.29, 1.82) is 0 Å². The molecule has 3 rings (SSSR count). The van der Waals surface area contributed by atoms with E-state index < -0.39 is 5.91 Å². The molecule has 0 aliphatic carbocycles. The van der Waals surface area contributed by atoms with Gasteiger partial charge in [-0.3, -0.25) is 8.75 Å². The van der Waals surface area contributed by atoms with Crippen LogP contribution in [0, 0.1) is 0 Å². The molecule has 5 nitrogen and oxygen atoms in total. The maximum absolute atomic E-state index is 12.9. The van der Waals surface area contributed by atoms with E-state index in [2.05, 4.69) is 25.8 Å². The van der Waals surface area contributed by atoms with Gasteiger partial charge in [0, 0.05) is 10.6 Å². The lowest BCUT2D eigenvalue weighted by Crippen LogP contribution is -2.18. The number of hydrogen-bond donors (Lipinski definition) is 0. The fourth-order valence-electron chi connectivity index (χ4n) is 2.57. The summed E-state index contributed by atoms with van der Waals surface area (Å²) >= 11 is 7.43. The van der Waals surface area contributed by atoms with E-state index in [-0.39, 0.29) is 5.54 Å². The van der Waals surface area contributed by atoms with Gasteiger partial charge in [-0.25, -0.2) is 0 Å². The van der Waals surface area contributed by atoms with Gasteiger partial charge in [0.05, 0.1) is 18.9 Å². The average molecular weight is 431 g/mol. The number of benzene rings is 2. The van der Waals surface area contributed by atoms with Crippen LogP contribution in [0.1, 0.15) is 36.7 Å². The summed E-state index contributed by atoms with van der Waals surface area (Å²) in [6, 6.07) is 14.7. The minimum Gasteiger partial charge on any atom is -0.496 e. The third kappa shape index (κ3) is 5.28. The molecule has 0 aliphatic heterocycles. The highest BCUT2D eigenvalue weighted by molar-refractivity contribution is 7.04. The van der Waals surface area contributed by atoms with Crippen LogP contribution in [0.5, 0.6) is 11.5 Å². The molecular weight excluding hydrogens is 408 g/mol. The van der Waals surface area contributed by atoms with Gasteiger partial charge >= 0.3 is 0 Å². The fraction of sp³-hybridized carbons (Fsp3) is 0.273. The second-order valence-electron chi connectivity index (χ2n) is 7.42. The zero-order valence-corrected chi connectivity index (χ0v) is 18.4. The molecule has 1 aromatic heterocycles. The lowest BCUT2D eigenvalue weighted by molar-refractivity contribution is 0.0995. The van der Waals surface area contributed by atoms with Crippen LogP contribution in [0.15, 0.2) is 59.7 Å². The highest BCUT2D eigenvalue weighted by atomic mass is 35.5. The highest BCUT2D eigenvalue weighted by Crippen LogP contribution is 2.24. The summed E-state index contributed by atoms with van der Waals surface area (Å²) in [4.78, 5) is 17.2. The maximum Gasteiger partial charge on any atom is 0.282 e. The van der Waals surface area contributed by atoms with Crippen molar-refractivity contribution in [3.05, 3.63) is 75.5 Å². The summed E-state index contributed by atoms with van der Waals surface area (Å²) in [5.74, 6) is 0.551. The molecule has 152 valence electrons. The molecule has 0 aliphatic rings. The zero-order valence-electron chi connectivity index (χ0n) is 16.8. The Hall–Kier alpha value is -2.57. The number of methoxy groups -OCH3 is 1. The fourth-order valence-corrected chi connectivity index (χ4v) is 3.67. The number of halogens is 1. The minimum absolute atomic E-state index is 0.167. The summed E-state index contributed by atoms with van der Waals surface area (Å²) in [5.41, 5.74) is 1.18. The van der Waals surface area contributed by atoms with Crippen LogP contribution in [0.4, 0.5) is 0 Å². The van der Waals surface area contributed by atoms with Crippen molar-refractivity contribution in [3.8, 4) is 11.5 Å². The molecule has 0 radical (unpaired) electrons. The number of amides is 1. The summed E-state index contributed by atoms with van der Waals surface area (Å²) in [5, 5.41) is 0.445. The first-order valence-corrected chi connectivity index (χ1v) is 10.3. The van der Waals surface area contributed by atoms with Crippen molar-refractivity contribution in [2.75, 3.05) is 7.11 Å². The Morgan fingerprint density at radius 3 is 2.52 bits per heavy atom. The molecule has 0 saturated carbocycles. The standard InChI is InChI=1S/C22H23ClN2O3S/c1-22(2,3)25-13-19(28-14-15-8-6-5-7-9-15)21(29-25)24-20(26)17-12-16(23)10-11-18(17)27-4/h5-13H,14H2,1-4H3/b24-21-. The van der Waals surface area contributed by atoms with Crippen LogP contribution in [0.25, 0.3) is 0 Å². The molecule has 1 heterocycles. The van der Waals surface area contributed by atoms with Gasteiger partial charge in [0.1, 0.15) is 12.4 Å². The molecule has 7 heteroatoms. The summed E-state index contributed by atoms with van der Waals surface area (Å²) in [6.07, 6.45) is 1.88. The lowest BCUT2D eigenvalue weighted by atomic mass is 10.1. The predicted octanol–water partition coefficient (Wildman–Crippen LogP) is 5.29. The first kappa shape index (κ1) is 21.1. The van der Waals surface area contributed by atoms with E-state index in [4.69, 9.17) is 21.1 Å². The third-order valence-corrected chi connectivity index (χ3v) is 5.67. The SMILES string of the molecule is COc1ccc(Cl)cc1C(=O)/N=c1\sn(C(C)(C)C)cc1OCc1ccccc1. The van der Waals surface area contributed by atoms with Gasteiger partial charge in [0.15, 0.2) is 10.4 Å². The molecule has 1 amide bonds.